The van der Waals surface area contributed by atoms with Gasteiger partial charge in [0.05, 0.1) is 19.6 Å². The average molecular weight is 238 g/mol. The van der Waals surface area contributed by atoms with Gasteiger partial charge in [0.2, 0.25) is 0 Å². The van der Waals surface area contributed by atoms with Crippen molar-refractivity contribution in [3.63, 3.8) is 0 Å². The van der Waals surface area contributed by atoms with Crippen molar-refractivity contribution < 1.29 is 14.3 Å². The van der Waals surface area contributed by atoms with E-state index in [9.17, 15) is 4.79 Å². The van der Waals surface area contributed by atoms with Crippen molar-refractivity contribution in [1.82, 2.24) is 0 Å². The first kappa shape index (κ1) is 11.3. The number of benzene rings is 1. The standard InChI is InChI=1S/C12H14O3S/c1-14-9-4-3-5-10-11(9)12(13)8(6-15-10)7-16-2/h3-5,8H,6-7H2,1-2H3. The second-order valence-corrected chi connectivity index (χ2v) is 4.57. The van der Waals surface area contributed by atoms with Gasteiger partial charge in [-0.2, -0.15) is 11.8 Å². The summed E-state index contributed by atoms with van der Waals surface area (Å²) in [6.45, 7) is 0.472. The molecule has 2 rings (SSSR count). The fraction of sp³-hybridized carbons (Fsp3) is 0.417. The average Bonchev–Trinajstić information content (AvgIpc) is 2.32. The van der Waals surface area contributed by atoms with E-state index < -0.39 is 0 Å². The van der Waals surface area contributed by atoms with Crippen molar-refractivity contribution in [2.75, 3.05) is 25.7 Å². The highest BCUT2D eigenvalue weighted by Crippen LogP contribution is 2.34. The number of methoxy groups -OCH3 is 1. The Hall–Kier alpha value is -1.16. The molecule has 0 saturated heterocycles. The Morgan fingerprint density at radius 3 is 3.06 bits per heavy atom. The molecule has 0 aliphatic carbocycles. The van der Waals surface area contributed by atoms with Crippen LogP contribution in [0, 0.1) is 5.92 Å². The Bertz CT molecular complexity index is 389. The summed E-state index contributed by atoms with van der Waals surface area (Å²) in [5, 5.41) is 0. The molecule has 4 heteroatoms. The highest BCUT2D eigenvalue weighted by molar-refractivity contribution is 7.98. The zero-order valence-corrected chi connectivity index (χ0v) is 10.2. The third kappa shape index (κ3) is 1.89. The van der Waals surface area contributed by atoms with Crippen molar-refractivity contribution in [1.29, 1.82) is 0 Å². The number of carbonyl (C=O) groups is 1. The minimum Gasteiger partial charge on any atom is -0.496 e. The van der Waals surface area contributed by atoms with E-state index in [1.807, 2.05) is 18.4 Å². The first-order valence-corrected chi connectivity index (χ1v) is 6.50. The summed E-state index contributed by atoms with van der Waals surface area (Å²) in [4.78, 5) is 12.2. The predicted octanol–water partition coefficient (Wildman–Crippen LogP) is 2.25. The number of ketones is 1. The molecule has 1 aliphatic heterocycles. The Morgan fingerprint density at radius 1 is 1.56 bits per heavy atom. The maximum absolute atomic E-state index is 12.2. The number of hydrogen-bond donors (Lipinski definition) is 0. The Kier molecular flexibility index (Phi) is 3.39. The monoisotopic (exact) mass is 238 g/mol. The van der Waals surface area contributed by atoms with E-state index in [0.717, 1.165) is 5.75 Å². The summed E-state index contributed by atoms with van der Waals surface area (Å²) in [7, 11) is 1.57. The molecule has 0 saturated carbocycles. The van der Waals surface area contributed by atoms with Crippen LogP contribution < -0.4 is 9.47 Å². The predicted molar refractivity (Wildman–Crippen MR) is 64.7 cm³/mol. The number of hydrogen-bond acceptors (Lipinski definition) is 4. The maximum atomic E-state index is 12.2. The van der Waals surface area contributed by atoms with Gasteiger partial charge in [-0.1, -0.05) is 6.07 Å². The van der Waals surface area contributed by atoms with Crippen LogP contribution in [0.4, 0.5) is 0 Å². The molecule has 1 unspecified atom stereocenters. The van der Waals surface area contributed by atoms with Crippen LogP contribution in [0.25, 0.3) is 0 Å². The van der Waals surface area contributed by atoms with Crippen LogP contribution in [-0.2, 0) is 0 Å². The fourth-order valence-corrected chi connectivity index (χ4v) is 2.49. The van der Waals surface area contributed by atoms with Crippen LogP contribution in [-0.4, -0.2) is 31.5 Å². The lowest BCUT2D eigenvalue weighted by Gasteiger charge is -2.24. The van der Waals surface area contributed by atoms with Crippen molar-refractivity contribution in [3.8, 4) is 11.5 Å². The number of thioether (sulfide) groups is 1. The Balaban J connectivity index is 2.38. The second kappa shape index (κ2) is 4.78. The van der Waals surface area contributed by atoms with Crippen LogP contribution in [0.15, 0.2) is 18.2 Å². The molecule has 0 spiro atoms. The van der Waals surface area contributed by atoms with Crippen molar-refractivity contribution >= 4 is 17.5 Å². The van der Waals surface area contributed by atoms with E-state index in [2.05, 4.69) is 0 Å². The van der Waals surface area contributed by atoms with E-state index >= 15 is 0 Å². The molecule has 1 atom stereocenters. The third-order valence-corrected chi connectivity index (χ3v) is 3.37. The van der Waals surface area contributed by atoms with Gasteiger partial charge in [0, 0.05) is 5.75 Å². The van der Waals surface area contributed by atoms with Gasteiger partial charge in [0.25, 0.3) is 0 Å². The first-order chi connectivity index (χ1) is 7.77. The molecule has 16 heavy (non-hydrogen) atoms. The molecule has 1 aliphatic rings. The van der Waals surface area contributed by atoms with Gasteiger partial charge < -0.3 is 9.47 Å². The van der Waals surface area contributed by atoms with Gasteiger partial charge in [-0.3, -0.25) is 4.79 Å². The van der Waals surface area contributed by atoms with Crippen molar-refractivity contribution in [2.45, 2.75) is 0 Å². The van der Waals surface area contributed by atoms with Crippen LogP contribution in [0.5, 0.6) is 11.5 Å². The number of fused-ring (bicyclic) bond motifs is 1. The summed E-state index contributed by atoms with van der Waals surface area (Å²) in [6.07, 6.45) is 1.99. The molecule has 0 N–H and O–H groups in total. The van der Waals surface area contributed by atoms with Crippen LogP contribution in [0.1, 0.15) is 10.4 Å². The lowest BCUT2D eigenvalue weighted by atomic mass is 9.96. The number of carbonyl (C=O) groups excluding carboxylic acids is 1. The lowest BCUT2D eigenvalue weighted by molar-refractivity contribution is 0.0848. The Morgan fingerprint density at radius 2 is 2.38 bits per heavy atom. The van der Waals surface area contributed by atoms with Crippen molar-refractivity contribution in [3.05, 3.63) is 23.8 Å². The van der Waals surface area contributed by atoms with Gasteiger partial charge in [-0.25, -0.2) is 0 Å². The zero-order chi connectivity index (χ0) is 11.5. The maximum Gasteiger partial charge on any atom is 0.177 e. The molecular formula is C12H14O3S. The second-order valence-electron chi connectivity index (χ2n) is 3.66. The SMILES string of the molecule is COc1cccc2c1C(=O)C(CSC)CO2. The van der Waals surface area contributed by atoms with Gasteiger partial charge >= 0.3 is 0 Å². The molecule has 86 valence electrons. The molecule has 0 radical (unpaired) electrons. The molecule has 1 heterocycles. The van der Waals surface area contributed by atoms with Gasteiger partial charge in [0.15, 0.2) is 5.78 Å². The topological polar surface area (TPSA) is 35.5 Å². The summed E-state index contributed by atoms with van der Waals surface area (Å²) in [5.74, 6) is 2.11. The van der Waals surface area contributed by atoms with Crippen LogP contribution in [0.3, 0.4) is 0 Å². The zero-order valence-electron chi connectivity index (χ0n) is 9.36. The summed E-state index contributed by atoms with van der Waals surface area (Å²) in [6, 6.07) is 5.44. The molecule has 1 aromatic carbocycles. The number of ether oxygens (including phenoxy) is 2. The highest BCUT2D eigenvalue weighted by Gasteiger charge is 2.31. The number of Topliss-reactive ketones (excluding diaryl/α,β-unsaturated/α-hetero) is 1. The van der Waals surface area contributed by atoms with Gasteiger partial charge in [0.1, 0.15) is 17.1 Å². The molecule has 0 fully saturated rings. The number of rotatable bonds is 3. The van der Waals surface area contributed by atoms with Crippen LogP contribution >= 0.6 is 11.8 Å². The Labute approximate surface area is 99.1 Å². The van der Waals surface area contributed by atoms with E-state index in [1.54, 1.807) is 24.9 Å². The molecule has 0 bridgehead atoms. The molecular weight excluding hydrogens is 224 g/mol. The smallest absolute Gasteiger partial charge is 0.177 e. The van der Waals surface area contributed by atoms with Gasteiger partial charge in [-0.15, -0.1) is 0 Å². The van der Waals surface area contributed by atoms with E-state index in [4.69, 9.17) is 9.47 Å². The highest BCUT2D eigenvalue weighted by atomic mass is 32.2. The summed E-state index contributed by atoms with van der Waals surface area (Å²) in [5.41, 5.74) is 0.593. The molecule has 0 aromatic heterocycles. The van der Waals surface area contributed by atoms with Gasteiger partial charge in [-0.05, 0) is 18.4 Å². The first-order valence-electron chi connectivity index (χ1n) is 5.11. The quantitative estimate of drug-likeness (QED) is 0.809. The summed E-state index contributed by atoms with van der Waals surface area (Å²) < 4.78 is 10.8. The lowest BCUT2D eigenvalue weighted by Crippen LogP contribution is -2.29. The minimum absolute atomic E-state index is 0.0567. The fourth-order valence-electron chi connectivity index (χ4n) is 1.84. The normalized spacial score (nSPS) is 18.9. The molecule has 3 nitrogen and oxygen atoms in total. The van der Waals surface area contributed by atoms with E-state index in [1.165, 1.54) is 0 Å². The third-order valence-electron chi connectivity index (χ3n) is 2.63. The summed E-state index contributed by atoms with van der Waals surface area (Å²) >= 11 is 1.66. The van der Waals surface area contributed by atoms with E-state index in [0.29, 0.717) is 23.7 Å². The molecule has 1 aromatic rings. The minimum atomic E-state index is -0.0567. The van der Waals surface area contributed by atoms with Crippen LogP contribution in [0.2, 0.25) is 0 Å². The van der Waals surface area contributed by atoms with E-state index in [-0.39, 0.29) is 11.7 Å². The largest absolute Gasteiger partial charge is 0.496 e. The van der Waals surface area contributed by atoms with Crippen molar-refractivity contribution in [2.24, 2.45) is 5.92 Å². The molecule has 0 amide bonds.